The second-order valence-electron chi connectivity index (χ2n) is 5.45. The van der Waals surface area contributed by atoms with Crippen molar-refractivity contribution in [3.8, 4) is 5.75 Å². The van der Waals surface area contributed by atoms with Gasteiger partial charge >= 0.3 is 0 Å². The zero-order valence-corrected chi connectivity index (χ0v) is 13.4. The van der Waals surface area contributed by atoms with Gasteiger partial charge in [0.1, 0.15) is 12.3 Å². The largest absolute Gasteiger partial charge is 0.495 e. The number of carbonyl (C=O) groups is 1. The van der Waals surface area contributed by atoms with Crippen LogP contribution in [0.3, 0.4) is 0 Å². The molecule has 0 aliphatic rings. The highest BCUT2D eigenvalue weighted by Gasteiger charge is 2.11. The first-order valence-corrected chi connectivity index (χ1v) is 7.47. The van der Waals surface area contributed by atoms with E-state index >= 15 is 0 Å². The van der Waals surface area contributed by atoms with E-state index in [1.807, 2.05) is 25.1 Å². The highest BCUT2D eigenvalue weighted by molar-refractivity contribution is 5.92. The monoisotopic (exact) mass is 323 g/mol. The lowest BCUT2D eigenvalue weighted by molar-refractivity contribution is -0.116. The van der Waals surface area contributed by atoms with Gasteiger partial charge in [0, 0.05) is 0 Å². The Balaban J connectivity index is 1.84. The number of rotatable bonds is 4. The summed E-state index contributed by atoms with van der Waals surface area (Å²) < 4.78 is 6.53. The van der Waals surface area contributed by atoms with E-state index in [4.69, 9.17) is 4.74 Å². The smallest absolute Gasteiger partial charge is 0.261 e. The number of ether oxygens (including phenoxy) is 1. The van der Waals surface area contributed by atoms with Crippen LogP contribution < -0.4 is 15.6 Å². The minimum absolute atomic E-state index is 0.117. The molecule has 0 aliphatic carbocycles. The third kappa shape index (κ3) is 3.12. The van der Waals surface area contributed by atoms with Gasteiger partial charge in [-0.2, -0.15) is 0 Å². The SMILES string of the molecule is COc1ccc(C)cc1NC(=O)Cn1cnc2ccccc2c1=O. The Kier molecular flexibility index (Phi) is 4.29. The molecule has 122 valence electrons. The molecule has 0 bridgehead atoms. The molecule has 1 aromatic heterocycles. The molecule has 1 amide bonds. The van der Waals surface area contributed by atoms with Gasteiger partial charge in [-0.25, -0.2) is 4.98 Å². The summed E-state index contributed by atoms with van der Waals surface area (Å²) in [6.07, 6.45) is 1.39. The molecule has 0 aliphatic heterocycles. The summed E-state index contributed by atoms with van der Waals surface area (Å²) in [5.41, 5.74) is 1.94. The number of aromatic nitrogens is 2. The minimum atomic E-state index is -0.321. The van der Waals surface area contributed by atoms with Gasteiger partial charge in [-0.05, 0) is 36.8 Å². The van der Waals surface area contributed by atoms with Crippen LogP contribution in [-0.4, -0.2) is 22.6 Å². The molecule has 3 rings (SSSR count). The van der Waals surface area contributed by atoms with Crippen LogP contribution in [0.1, 0.15) is 5.56 Å². The first-order valence-electron chi connectivity index (χ1n) is 7.47. The zero-order valence-electron chi connectivity index (χ0n) is 13.4. The van der Waals surface area contributed by atoms with E-state index < -0.39 is 0 Å². The Morgan fingerprint density at radius 2 is 2.04 bits per heavy atom. The minimum Gasteiger partial charge on any atom is -0.495 e. The summed E-state index contributed by atoms with van der Waals surface area (Å²) in [6.45, 7) is 1.81. The van der Waals surface area contributed by atoms with Crippen LogP contribution in [0.4, 0.5) is 5.69 Å². The van der Waals surface area contributed by atoms with E-state index in [0.717, 1.165) is 5.56 Å². The van der Waals surface area contributed by atoms with Gasteiger partial charge in [0.05, 0.1) is 30.0 Å². The number of hydrogen-bond donors (Lipinski definition) is 1. The average molecular weight is 323 g/mol. The second kappa shape index (κ2) is 6.54. The van der Waals surface area contributed by atoms with Crippen LogP contribution in [0.2, 0.25) is 0 Å². The van der Waals surface area contributed by atoms with Crippen molar-refractivity contribution in [2.24, 2.45) is 0 Å². The van der Waals surface area contributed by atoms with Gasteiger partial charge < -0.3 is 10.1 Å². The number of carbonyl (C=O) groups excluding carboxylic acids is 1. The Morgan fingerprint density at radius 1 is 1.25 bits per heavy atom. The van der Waals surface area contributed by atoms with Crippen LogP contribution in [0.25, 0.3) is 10.9 Å². The molecule has 24 heavy (non-hydrogen) atoms. The van der Waals surface area contributed by atoms with Crippen LogP contribution >= 0.6 is 0 Å². The summed E-state index contributed by atoms with van der Waals surface area (Å²) >= 11 is 0. The molecule has 6 nitrogen and oxygen atoms in total. The molecule has 1 heterocycles. The topological polar surface area (TPSA) is 73.2 Å². The molecule has 0 fully saturated rings. The van der Waals surface area contributed by atoms with E-state index in [1.54, 1.807) is 24.3 Å². The molecule has 0 atom stereocenters. The highest BCUT2D eigenvalue weighted by atomic mass is 16.5. The zero-order chi connectivity index (χ0) is 17.1. The number of anilines is 1. The van der Waals surface area contributed by atoms with Crippen molar-refractivity contribution in [3.05, 3.63) is 64.7 Å². The molecule has 2 aromatic carbocycles. The normalized spacial score (nSPS) is 10.6. The number of hydrogen-bond acceptors (Lipinski definition) is 4. The van der Waals surface area contributed by atoms with Crippen molar-refractivity contribution in [1.82, 2.24) is 9.55 Å². The maximum absolute atomic E-state index is 12.4. The number of para-hydroxylation sites is 1. The molecule has 0 saturated carbocycles. The van der Waals surface area contributed by atoms with Crippen molar-refractivity contribution >= 4 is 22.5 Å². The number of aryl methyl sites for hydroxylation is 1. The van der Waals surface area contributed by atoms with Gasteiger partial charge in [-0.1, -0.05) is 18.2 Å². The number of methoxy groups -OCH3 is 1. The van der Waals surface area contributed by atoms with Crippen LogP contribution in [-0.2, 0) is 11.3 Å². The third-order valence-corrected chi connectivity index (χ3v) is 3.67. The number of amides is 1. The van der Waals surface area contributed by atoms with E-state index in [0.29, 0.717) is 22.3 Å². The number of fused-ring (bicyclic) bond motifs is 1. The molecular formula is C18H17N3O3. The lowest BCUT2D eigenvalue weighted by Gasteiger charge is -2.12. The summed E-state index contributed by atoms with van der Waals surface area (Å²) in [5, 5.41) is 3.26. The van der Waals surface area contributed by atoms with Crippen molar-refractivity contribution in [1.29, 1.82) is 0 Å². The summed E-state index contributed by atoms with van der Waals surface area (Å²) in [7, 11) is 1.54. The Morgan fingerprint density at radius 3 is 2.83 bits per heavy atom. The predicted molar refractivity (Wildman–Crippen MR) is 92.4 cm³/mol. The fourth-order valence-corrected chi connectivity index (χ4v) is 2.48. The predicted octanol–water partition coefficient (Wildman–Crippen LogP) is 2.35. The van der Waals surface area contributed by atoms with Crippen molar-refractivity contribution in [3.63, 3.8) is 0 Å². The molecule has 6 heteroatoms. The highest BCUT2D eigenvalue weighted by Crippen LogP contribution is 2.25. The molecule has 0 saturated heterocycles. The molecule has 0 spiro atoms. The van der Waals surface area contributed by atoms with Crippen LogP contribution in [0.5, 0.6) is 5.75 Å². The first-order chi connectivity index (χ1) is 11.6. The Hall–Kier alpha value is -3.15. The van der Waals surface area contributed by atoms with E-state index in [2.05, 4.69) is 10.3 Å². The number of nitrogens with one attached hydrogen (secondary N) is 1. The number of nitrogens with zero attached hydrogens (tertiary/aromatic N) is 2. The Bertz CT molecular complexity index is 963. The lowest BCUT2D eigenvalue weighted by atomic mass is 10.2. The number of benzene rings is 2. The molecule has 0 radical (unpaired) electrons. The third-order valence-electron chi connectivity index (χ3n) is 3.67. The fraction of sp³-hybridized carbons (Fsp3) is 0.167. The summed E-state index contributed by atoms with van der Waals surface area (Å²) in [4.78, 5) is 28.9. The molecule has 3 aromatic rings. The summed E-state index contributed by atoms with van der Waals surface area (Å²) in [5.74, 6) is 0.246. The van der Waals surface area contributed by atoms with Crippen LogP contribution in [0, 0.1) is 6.92 Å². The van der Waals surface area contributed by atoms with Gasteiger partial charge in [-0.3, -0.25) is 14.2 Å². The molecule has 1 N–H and O–H groups in total. The van der Waals surface area contributed by atoms with E-state index in [1.165, 1.54) is 18.0 Å². The average Bonchev–Trinajstić information content (AvgIpc) is 2.58. The van der Waals surface area contributed by atoms with E-state index in [-0.39, 0.29) is 18.0 Å². The van der Waals surface area contributed by atoms with Gasteiger partial charge in [0.15, 0.2) is 0 Å². The fourth-order valence-electron chi connectivity index (χ4n) is 2.48. The molecular weight excluding hydrogens is 306 g/mol. The van der Waals surface area contributed by atoms with Gasteiger partial charge in [0.25, 0.3) is 5.56 Å². The Labute approximate surface area is 138 Å². The van der Waals surface area contributed by atoms with Crippen molar-refractivity contribution in [2.75, 3.05) is 12.4 Å². The first kappa shape index (κ1) is 15.7. The van der Waals surface area contributed by atoms with Crippen molar-refractivity contribution in [2.45, 2.75) is 13.5 Å². The van der Waals surface area contributed by atoms with Crippen molar-refractivity contribution < 1.29 is 9.53 Å². The quantitative estimate of drug-likeness (QED) is 0.800. The second-order valence-corrected chi connectivity index (χ2v) is 5.45. The standard InChI is InChI=1S/C18H17N3O3/c1-12-7-8-16(24-2)15(9-12)20-17(22)10-21-11-19-14-6-4-3-5-13(14)18(21)23/h3-9,11H,10H2,1-2H3,(H,20,22). The van der Waals surface area contributed by atoms with E-state index in [9.17, 15) is 9.59 Å². The maximum atomic E-state index is 12.4. The van der Waals surface area contributed by atoms with Gasteiger partial charge in [-0.15, -0.1) is 0 Å². The lowest BCUT2D eigenvalue weighted by Crippen LogP contribution is -2.28. The maximum Gasteiger partial charge on any atom is 0.261 e. The van der Waals surface area contributed by atoms with Crippen LogP contribution in [0.15, 0.2) is 53.6 Å². The van der Waals surface area contributed by atoms with Gasteiger partial charge in [0.2, 0.25) is 5.91 Å². The summed E-state index contributed by atoms with van der Waals surface area (Å²) in [6, 6.07) is 12.5. The molecule has 0 unspecified atom stereocenters.